The van der Waals surface area contributed by atoms with Crippen molar-refractivity contribution in [2.45, 2.75) is 11.8 Å². The Morgan fingerprint density at radius 2 is 1.62 bits per heavy atom. The highest BCUT2D eigenvalue weighted by molar-refractivity contribution is 7.98. The van der Waals surface area contributed by atoms with Crippen molar-refractivity contribution < 1.29 is 4.39 Å². The molecule has 26 heavy (non-hydrogen) atoms. The Kier molecular flexibility index (Phi) is 5.32. The monoisotopic (exact) mass is 366 g/mol. The average Bonchev–Trinajstić information content (AvgIpc) is 2.67. The molecule has 3 aromatic rings. The smallest absolute Gasteiger partial charge is 0.160 e. The molecule has 0 aliphatic rings. The summed E-state index contributed by atoms with van der Waals surface area (Å²) in [4.78, 5) is 10.4. The van der Waals surface area contributed by atoms with Crippen LogP contribution in [0.4, 0.5) is 10.1 Å². The van der Waals surface area contributed by atoms with Gasteiger partial charge in [-0.2, -0.15) is 0 Å². The zero-order valence-electron chi connectivity index (χ0n) is 14.8. The van der Waals surface area contributed by atoms with E-state index in [4.69, 9.17) is 10.4 Å². The first-order valence-corrected chi connectivity index (χ1v) is 9.31. The van der Waals surface area contributed by atoms with Gasteiger partial charge < -0.3 is 10.7 Å². The fourth-order valence-corrected chi connectivity index (χ4v) is 3.06. The summed E-state index contributed by atoms with van der Waals surface area (Å²) < 4.78 is 13.3. The number of thioether (sulfide) groups is 1. The largest absolute Gasteiger partial charge is 0.385 e. The van der Waals surface area contributed by atoms with Gasteiger partial charge in [-0.15, -0.1) is 11.8 Å². The molecule has 0 radical (unpaired) electrons. The number of hydrogen-bond donors (Lipinski definition) is 2. The minimum atomic E-state index is -0.308. The maximum absolute atomic E-state index is 13.3. The first kappa shape index (κ1) is 18.1. The van der Waals surface area contributed by atoms with Crippen molar-refractivity contribution in [1.29, 1.82) is 5.41 Å². The zero-order chi connectivity index (χ0) is 18.7. The van der Waals surface area contributed by atoms with E-state index in [9.17, 15) is 4.39 Å². The van der Waals surface area contributed by atoms with Gasteiger partial charge in [0.2, 0.25) is 0 Å². The Morgan fingerprint density at radius 3 is 2.15 bits per heavy atom. The van der Waals surface area contributed by atoms with Crippen LogP contribution in [0.1, 0.15) is 12.6 Å². The van der Waals surface area contributed by atoms with E-state index in [2.05, 4.69) is 10.3 Å². The fourth-order valence-electron chi connectivity index (χ4n) is 2.65. The minimum Gasteiger partial charge on any atom is -0.385 e. The molecule has 0 fully saturated rings. The van der Waals surface area contributed by atoms with E-state index >= 15 is 0 Å². The number of nitrogens with one attached hydrogen (secondary N) is 2. The quantitative estimate of drug-likeness (QED) is 0.487. The molecular weight excluding hydrogens is 347 g/mol. The molecule has 2 N–H and O–H groups in total. The lowest BCUT2D eigenvalue weighted by Crippen LogP contribution is -2.09. The van der Waals surface area contributed by atoms with E-state index in [0.29, 0.717) is 28.5 Å². The van der Waals surface area contributed by atoms with Gasteiger partial charge in [0.1, 0.15) is 11.5 Å². The highest BCUT2D eigenvalue weighted by Crippen LogP contribution is 2.32. The summed E-state index contributed by atoms with van der Waals surface area (Å²) >= 11 is 1.67. The van der Waals surface area contributed by atoms with Crippen molar-refractivity contribution in [2.75, 3.05) is 18.6 Å². The van der Waals surface area contributed by atoms with Crippen molar-refractivity contribution in [3.63, 3.8) is 0 Å². The lowest BCUT2D eigenvalue weighted by molar-refractivity contribution is 0.628. The summed E-state index contributed by atoms with van der Waals surface area (Å²) in [7, 11) is 1.79. The van der Waals surface area contributed by atoms with Crippen LogP contribution in [-0.2, 0) is 0 Å². The average molecular weight is 366 g/mol. The second kappa shape index (κ2) is 7.66. The number of aromatic nitrogens is 2. The first-order chi connectivity index (χ1) is 12.5. The van der Waals surface area contributed by atoms with Crippen molar-refractivity contribution in [3.05, 3.63) is 60.0 Å². The van der Waals surface area contributed by atoms with Gasteiger partial charge in [0.25, 0.3) is 0 Å². The van der Waals surface area contributed by atoms with E-state index < -0.39 is 0 Å². The second-order valence-corrected chi connectivity index (χ2v) is 6.61. The molecule has 132 valence electrons. The van der Waals surface area contributed by atoms with Gasteiger partial charge in [0.15, 0.2) is 5.82 Å². The number of nitrogens with zero attached hydrogens (tertiary/aromatic N) is 2. The molecule has 0 aliphatic carbocycles. The first-order valence-electron chi connectivity index (χ1n) is 8.09. The Hall–Kier alpha value is -2.73. The van der Waals surface area contributed by atoms with Crippen LogP contribution in [0.15, 0.2) is 53.4 Å². The maximum atomic E-state index is 13.3. The molecule has 1 heterocycles. The summed E-state index contributed by atoms with van der Waals surface area (Å²) in [6.45, 7) is 1.69. The summed E-state index contributed by atoms with van der Waals surface area (Å²) in [5.74, 6) is 0.159. The number of rotatable bonds is 5. The molecule has 0 unspecified atom stereocenters. The van der Waals surface area contributed by atoms with Gasteiger partial charge in [-0.1, -0.05) is 12.1 Å². The van der Waals surface area contributed by atoms with E-state index in [-0.39, 0.29) is 5.82 Å². The highest BCUT2D eigenvalue weighted by atomic mass is 32.2. The van der Waals surface area contributed by atoms with Crippen molar-refractivity contribution >= 4 is 23.2 Å². The SMILES string of the molecule is CNc1c(C(C)=N)nc(-c2ccc(F)cc2)nc1-c1ccc(SC)cc1. The summed E-state index contributed by atoms with van der Waals surface area (Å²) in [5, 5.41) is 11.2. The second-order valence-electron chi connectivity index (χ2n) is 5.73. The van der Waals surface area contributed by atoms with Gasteiger partial charge in [0.05, 0.1) is 17.1 Å². The van der Waals surface area contributed by atoms with E-state index in [1.807, 2.05) is 30.5 Å². The van der Waals surface area contributed by atoms with Gasteiger partial charge in [-0.3, -0.25) is 0 Å². The topological polar surface area (TPSA) is 61.7 Å². The van der Waals surface area contributed by atoms with Gasteiger partial charge in [-0.25, -0.2) is 14.4 Å². The molecule has 0 aliphatic heterocycles. The lowest BCUT2D eigenvalue weighted by atomic mass is 10.1. The fraction of sp³-hybridized carbons (Fsp3) is 0.150. The van der Waals surface area contributed by atoms with Gasteiger partial charge in [0, 0.05) is 23.1 Å². The van der Waals surface area contributed by atoms with Crippen LogP contribution in [0, 0.1) is 11.2 Å². The maximum Gasteiger partial charge on any atom is 0.160 e. The third-order valence-corrected chi connectivity index (χ3v) is 4.72. The Labute approximate surface area is 156 Å². The molecule has 0 saturated heterocycles. The number of hydrogen-bond acceptors (Lipinski definition) is 5. The molecule has 6 heteroatoms. The highest BCUT2D eigenvalue weighted by Gasteiger charge is 2.17. The summed E-state index contributed by atoms with van der Waals surface area (Å²) in [6, 6.07) is 14.1. The molecule has 2 aromatic carbocycles. The standard InChI is InChI=1S/C20H19FN4S/c1-12(22)17-19(23-2)18(13-6-10-16(26-3)11-7-13)25-20(24-17)14-4-8-15(21)9-5-14/h4-11,22-23H,1-3H3. The molecular formula is C20H19FN4S. The van der Waals surface area contributed by atoms with Crippen LogP contribution >= 0.6 is 11.8 Å². The van der Waals surface area contributed by atoms with Crippen LogP contribution in [0.5, 0.6) is 0 Å². The Morgan fingerprint density at radius 1 is 1.00 bits per heavy atom. The van der Waals surface area contributed by atoms with Crippen LogP contribution in [0.25, 0.3) is 22.6 Å². The van der Waals surface area contributed by atoms with Crippen LogP contribution in [-0.4, -0.2) is 29.0 Å². The van der Waals surface area contributed by atoms with E-state index in [0.717, 1.165) is 16.2 Å². The summed E-state index contributed by atoms with van der Waals surface area (Å²) in [6.07, 6.45) is 2.03. The van der Waals surface area contributed by atoms with Gasteiger partial charge >= 0.3 is 0 Å². The normalized spacial score (nSPS) is 10.6. The Balaban J connectivity index is 2.23. The summed E-state index contributed by atoms with van der Waals surface area (Å²) in [5.41, 5.74) is 3.93. The molecule has 0 atom stereocenters. The molecule has 1 aromatic heterocycles. The third kappa shape index (κ3) is 3.60. The van der Waals surface area contributed by atoms with Crippen molar-refractivity contribution in [3.8, 4) is 22.6 Å². The Bertz CT molecular complexity index is 937. The predicted octanol–water partition coefficient (Wildman–Crippen LogP) is 5.10. The molecule has 3 rings (SSSR count). The molecule has 0 spiro atoms. The number of anilines is 1. The molecule has 0 saturated carbocycles. The molecule has 0 amide bonds. The number of benzene rings is 2. The van der Waals surface area contributed by atoms with Crippen molar-refractivity contribution in [2.24, 2.45) is 0 Å². The van der Waals surface area contributed by atoms with Gasteiger partial charge in [-0.05, 0) is 49.6 Å². The van der Waals surface area contributed by atoms with Crippen molar-refractivity contribution in [1.82, 2.24) is 9.97 Å². The molecule has 0 bridgehead atoms. The van der Waals surface area contributed by atoms with Crippen LogP contribution < -0.4 is 5.32 Å². The molecule has 4 nitrogen and oxygen atoms in total. The van der Waals surface area contributed by atoms with Crippen LogP contribution in [0.2, 0.25) is 0 Å². The lowest BCUT2D eigenvalue weighted by Gasteiger charge is -2.15. The zero-order valence-corrected chi connectivity index (χ0v) is 15.6. The van der Waals surface area contributed by atoms with E-state index in [1.165, 1.54) is 12.1 Å². The predicted molar refractivity (Wildman–Crippen MR) is 107 cm³/mol. The minimum absolute atomic E-state index is 0.308. The number of halogens is 1. The third-order valence-electron chi connectivity index (χ3n) is 3.98. The van der Waals surface area contributed by atoms with E-state index in [1.54, 1.807) is 37.9 Å². The van der Waals surface area contributed by atoms with Crippen LogP contribution in [0.3, 0.4) is 0 Å².